The van der Waals surface area contributed by atoms with Gasteiger partial charge in [0.25, 0.3) is 17.2 Å². The average molecular weight is 686 g/mol. The molecule has 0 saturated heterocycles. The smallest absolute Gasteiger partial charge is 0.279 e. The van der Waals surface area contributed by atoms with Crippen LogP contribution in [0, 0.1) is 16.0 Å². The molecule has 0 radical (unpaired) electrons. The van der Waals surface area contributed by atoms with Gasteiger partial charge in [0.1, 0.15) is 0 Å². The number of carbonyl (C=O) groups excluding carboxylic acids is 2. The lowest BCUT2D eigenvalue weighted by atomic mass is 9.82. The molecule has 12 nitrogen and oxygen atoms in total. The number of fused-ring (bicyclic) bond motifs is 3. The van der Waals surface area contributed by atoms with Crippen LogP contribution >= 0.6 is 0 Å². The topological polar surface area (TPSA) is 159 Å². The fraction of sp³-hybridized carbons (Fsp3) is 0.231. The maximum absolute atomic E-state index is 14.2. The van der Waals surface area contributed by atoms with Gasteiger partial charge in [0, 0.05) is 42.0 Å². The van der Waals surface area contributed by atoms with Crippen molar-refractivity contribution in [3.8, 4) is 5.69 Å². The molecule has 3 atom stereocenters. The Labute approximate surface area is 292 Å². The number of non-ortho nitro benzene ring substituents is 1. The molecule has 4 aromatic carbocycles. The summed E-state index contributed by atoms with van der Waals surface area (Å²) < 4.78 is 1.28. The van der Waals surface area contributed by atoms with Crippen LogP contribution in [0.15, 0.2) is 114 Å². The van der Waals surface area contributed by atoms with Crippen molar-refractivity contribution >= 4 is 34.0 Å². The van der Waals surface area contributed by atoms with E-state index in [9.17, 15) is 34.7 Å². The van der Waals surface area contributed by atoms with Gasteiger partial charge in [-0.1, -0.05) is 73.7 Å². The molecule has 3 heterocycles. The van der Waals surface area contributed by atoms with Gasteiger partial charge in [0.05, 0.1) is 47.1 Å². The van der Waals surface area contributed by atoms with E-state index in [4.69, 9.17) is 0 Å². The maximum Gasteiger partial charge on any atom is 0.279 e. The molecule has 5 aromatic rings. The molecule has 2 N–H and O–H groups in total. The van der Waals surface area contributed by atoms with E-state index >= 15 is 0 Å². The Morgan fingerprint density at radius 3 is 2.59 bits per heavy atom. The van der Waals surface area contributed by atoms with E-state index in [1.165, 1.54) is 27.8 Å². The number of aliphatic hydroxyl groups excluding tert-OH is 1. The van der Waals surface area contributed by atoms with Crippen molar-refractivity contribution in [3.05, 3.63) is 152 Å². The molecule has 2 amide bonds. The van der Waals surface area contributed by atoms with E-state index in [0.29, 0.717) is 40.7 Å². The molecule has 0 bridgehead atoms. The Morgan fingerprint density at radius 2 is 1.80 bits per heavy atom. The van der Waals surface area contributed by atoms with Crippen LogP contribution in [-0.2, 0) is 34.7 Å². The molecule has 0 saturated carbocycles. The third-order valence-electron chi connectivity index (χ3n) is 9.92. The number of nitro groups is 1. The lowest BCUT2D eigenvalue weighted by molar-refractivity contribution is -0.385. The molecule has 258 valence electrons. The lowest BCUT2D eigenvalue weighted by Gasteiger charge is -2.36. The summed E-state index contributed by atoms with van der Waals surface area (Å²) in [5.74, 6) is -1.78. The van der Waals surface area contributed by atoms with Gasteiger partial charge in [0.15, 0.2) is 5.60 Å². The van der Waals surface area contributed by atoms with Crippen LogP contribution in [0.4, 0.5) is 11.4 Å². The fourth-order valence-electron chi connectivity index (χ4n) is 7.12. The van der Waals surface area contributed by atoms with Crippen LogP contribution in [0.25, 0.3) is 16.5 Å². The first-order valence-electron chi connectivity index (χ1n) is 16.6. The number of nitrogens with zero attached hydrogens (tertiary/aromatic N) is 5. The van der Waals surface area contributed by atoms with Crippen LogP contribution in [0.1, 0.15) is 35.6 Å². The van der Waals surface area contributed by atoms with E-state index in [1.807, 2.05) is 30.3 Å². The molecule has 51 heavy (non-hydrogen) atoms. The summed E-state index contributed by atoms with van der Waals surface area (Å²) in [6.45, 7) is 1.80. The summed E-state index contributed by atoms with van der Waals surface area (Å²) in [6.07, 6.45) is 5.27. The number of benzene rings is 4. The number of hydrogen-bond donors (Lipinski definition) is 2. The summed E-state index contributed by atoms with van der Waals surface area (Å²) in [5, 5.41) is 39.5. The minimum atomic E-state index is -2.17. The zero-order chi connectivity index (χ0) is 35.9. The molecule has 0 fully saturated rings. The average Bonchev–Trinajstić information content (AvgIpc) is 3.36. The molecule has 1 aromatic heterocycles. The SMILES string of the molecule is C[C@H](/C=C/CC(=O)N1Cc2ccccc2C[C@H]1CO)[C@@]1(O)C(=O)N(Cc2cccc(-n3ncc4ccccc4c3=O)c2)c2ccc([N+](=O)[O-])cc21. The largest absolute Gasteiger partial charge is 0.394 e. The number of aromatic nitrogens is 2. The number of amides is 2. The quantitative estimate of drug-likeness (QED) is 0.130. The summed E-state index contributed by atoms with van der Waals surface area (Å²) >= 11 is 0. The first kappa shape index (κ1) is 33.5. The Bertz CT molecular complexity index is 2280. The van der Waals surface area contributed by atoms with Crippen molar-refractivity contribution in [1.29, 1.82) is 0 Å². The molecule has 7 rings (SSSR count). The molecule has 0 spiro atoms. The lowest BCUT2D eigenvalue weighted by Crippen LogP contribution is -2.46. The van der Waals surface area contributed by atoms with Gasteiger partial charge in [-0.3, -0.25) is 24.5 Å². The van der Waals surface area contributed by atoms with Gasteiger partial charge < -0.3 is 20.0 Å². The minimum Gasteiger partial charge on any atom is -0.394 e. The zero-order valence-electron chi connectivity index (χ0n) is 27.8. The Balaban J connectivity index is 1.15. The second-order valence-electron chi connectivity index (χ2n) is 13.0. The van der Waals surface area contributed by atoms with Gasteiger partial charge in [-0.15, -0.1) is 0 Å². The Kier molecular flexibility index (Phi) is 8.79. The highest BCUT2D eigenvalue weighted by Gasteiger charge is 2.53. The predicted octanol–water partition coefficient (Wildman–Crippen LogP) is 4.56. The van der Waals surface area contributed by atoms with Crippen molar-refractivity contribution < 1.29 is 24.7 Å². The van der Waals surface area contributed by atoms with Crippen molar-refractivity contribution in [2.75, 3.05) is 11.5 Å². The summed E-state index contributed by atoms with van der Waals surface area (Å²) in [7, 11) is 0. The molecular formula is C39H35N5O7. The number of hydrogen-bond acceptors (Lipinski definition) is 8. The van der Waals surface area contributed by atoms with Crippen LogP contribution in [0.5, 0.6) is 0 Å². The molecule has 12 heteroatoms. The molecule has 2 aliphatic heterocycles. The number of anilines is 1. The predicted molar refractivity (Wildman–Crippen MR) is 190 cm³/mol. The fourth-order valence-corrected chi connectivity index (χ4v) is 7.12. The number of carbonyl (C=O) groups is 2. The monoisotopic (exact) mass is 685 g/mol. The van der Waals surface area contributed by atoms with Crippen molar-refractivity contribution in [2.45, 2.75) is 44.5 Å². The molecule has 0 unspecified atom stereocenters. The van der Waals surface area contributed by atoms with Gasteiger partial charge in [0.2, 0.25) is 5.91 Å². The number of rotatable bonds is 9. The summed E-state index contributed by atoms with van der Waals surface area (Å²) in [4.78, 5) is 55.0. The minimum absolute atomic E-state index is 0.00394. The van der Waals surface area contributed by atoms with E-state index in [0.717, 1.165) is 11.1 Å². The van der Waals surface area contributed by atoms with Crippen LogP contribution in [0.2, 0.25) is 0 Å². The van der Waals surface area contributed by atoms with Crippen LogP contribution in [-0.4, -0.2) is 54.3 Å². The Hall–Kier alpha value is -5.98. The summed E-state index contributed by atoms with van der Waals surface area (Å²) in [5.41, 5.74) is 0.867. The van der Waals surface area contributed by atoms with E-state index < -0.39 is 22.3 Å². The molecule has 0 aliphatic carbocycles. The normalized spacial score (nSPS) is 19.0. The first-order valence-corrected chi connectivity index (χ1v) is 16.6. The van der Waals surface area contributed by atoms with Gasteiger partial charge in [-0.05, 0) is 47.4 Å². The van der Waals surface area contributed by atoms with Crippen molar-refractivity contribution in [1.82, 2.24) is 14.7 Å². The highest BCUT2D eigenvalue weighted by atomic mass is 16.6. The molecule has 2 aliphatic rings. The Morgan fingerprint density at radius 1 is 1.04 bits per heavy atom. The van der Waals surface area contributed by atoms with Crippen molar-refractivity contribution in [2.24, 2.45) is 5.92 Å². The number of nitro benzene ring substituents is 1. The second kappa shape index (κ2) is 13.4. The van der Waals surface area contributed by atoms with Crippen molar-refractivity contribution in [3.63, 3.8) is 0 Å². The van der Waals surface area contributed by atoms with Crippen LogP contribution in [0.3, 0.4) is 0 Å². The van der Waals surface area contributed by atoms with E-state index in [2.05, 4.69) is 5.10 Å². The highest BCUT2D eigenvalue weighted by molar-refractivity contribution is 6.07. The first-order chi connectivity index (χ1) is 24.6. The third-order valence-corrected chi connectivity index (χ3v) is 9.92. The molecular weight excluding hydrogens is 650 g/mol. The van der Waals surface area contributed by atoms with E-state index in [-0.39, 0.29) is 48.3 Å². The van der Waals surface area contributed by atoms with Gasteiger partial charge in [-0.2, -0.15) is 9.78 Å². The second-order valence-corrected chi connectivity index (χ2v) is 13.0. The van der Waals surface area contributed by atoms with Gasteiger partial charge in [-0.25, -0.2) is 0 Å². The number of aliphatic hydroxyl groups is 2. The summed E-state index contributed by atoms with van der Waals surface area (Å²) in [6, 6.07) is 25.5. The van der Waals surface area contributed by atoms with E-state index in [1.54, 1.807) is 72.6 Å². The highest BCUT2D eigenvalue weighted by Crippen LogP contribution is 2.47. The van der Waals surface area contributed by atoms with Gasteiger partial charge >= 0.3 is 0 Å². The maximum atomic E-state index is 14.2. The zero-order valence-corrected chi connectivity index (χ0v) is 27.8. The van der Waals surface area contributed by atoms with Crippen LogP contribution < -0.4 is 10.5 Å². The third kappa shape index (κ3) is 5.98. The standard InChI is InChI=1S/C39H35N5O7/c1-25(8-6-15-36(46)41-23-29-12-3-2-10-27(29)19-32(41)24-45)39(49)34-20-31(44(50)51)16-17-35(34)42(38(39)48)22-26-9-7-13-30(18-26)43-37(47)33-14-5-4-11-28(33)21-40-43/h2-14,16-18,20-21,25,32,45,49H,15,19,22-24H2,1H3/b8-6+/t25-,32+,39+/m1/s1.